The number of anilines is 1. The second kappa shape index (κ2) is 6.98. The van der Waals surface area contributed by atoms with Crippen molar-refractivity contribution in [3.63, 3.8) is 0 Å². The highest BCUT2D eigenvalue weighted by molar-refractivity contribution is 5.92. The third kappa shape index (κ3) is 3.39. The molecule has 0 unspecified atom stereocenters. The van der Waals surface area contributed by atoms with Gasteiger partial charge in [0.2, 0.25) is 5.91 Å². The molecule has 0 radical (unpaired) electrons. The fourth-order valence-electron chi connectivity index (χ4n) is 2.22. The molecule has 1 amide bonds. The maximum absolute atomic E-state index is 12.1. The smallest absolute Gasteiger partial charge is 0.337 e. The lowest BCUT2D eigenvalue weighted by molar-refractivity contribution is -0.125. The molecule has 1 aliphatic rings. The number of carbonyl (C=O) groups excluding carboxylic acids is 2. The third-order valence-corrected chi connectivity index (χ3v) is 3.45. The molecule has 0 spiro atoms. The Balaban J connectivity index is 2.19. The molecule has 0 aromatic heterocycles. The molecule has 0 atom stereocenters. The highest BCUT2D eigenvalue weighted by Gasteiger charge is 2.18. The number of likely N-dealkylation sites (N-methyl/N-ethyl adjacent to an activating group) is 1. The van der Waals surface area contributed by atoms with Crippen molar-refractivity contribution in [3.05, 3.63) is 35.5 Å². The largest absolute Gasteiger partial charge is 0.485 e. The monoisotopic (exact) mass is 304 g/mol. The molecule has 0 bridgehead atoms. The van der Waals surface area contributed by atoms with Gasteiger partial charge in [-0.3, -0.25) is 4.79 Å². The van der Waals surface area contributed by atoms with E-state index in [9.17, 15) is 9.59 Å². The first-order chi connectivity index (χ1) is 10.6. The fourth-order valence-corrected chi connectivity index (χ4v) is 2.22. The summed E-state index contributed by atoms with van der Waals surface area (Å²) in [5, 5.41) is 3.13. The molecule has 1 aliphatic heterocycles. The number of fused-ring (bicyclic) bond motifs is 1. The van der Waals surface area contributed by atoms with E-state index in [1.165, 1.54) is 13.2 Å². The van der Waals surface area contributed by atoms with Crippen LogP contribution < -0.4 is 10.1 Å². The minimum atomic E-state index is -0.417. The normalized spacial score (nSPS) is 14.6. The van der Waals surface area contributed by atoms with Gasteiger partial charge in [-0.05, 0) is 32.0 Å². The summed E-state index contributed by atoms with van der Waals surface area (Å²) >= 11 is 0. The first-order valence-corrected chi connectivity index (χ1v) is 7.20. The van der Waals surface area contributed by atoms with Gasteiger partial charge in [0.15, 0.2) is 0 Å². The molecule has 0 saturated carbocycles. The van der Waals surface area contributed by atoms with Gasteiger partial charge in [-0.2, -0.15) is 0 Å². The van der Waals surface area contributed by atoms with E-state index in [4.69, 9.17) is 9.47 Å². The first-order valence-electron chi connectivity index (χ1n) is 7.20. The predicted molar refractivity (Wildman–Crippen MR) is 82.9 cm³/mol. The lowest BCUT2D eigenvalue weighted by atomic mass is 10.1. The number of methoxy groups -OCH3 is 1. The SMILES string of the molecule is CCN(CC)C(=O)/C=C1/COc2ccc(C(=O)OC)cc2N1. The van der Waals surface area contributed by atoms with Crippen molar-refractivity contribution in [3.8, 4) is 5.75 Å². The Morgan fingerprint density at radius 1 is 1.36 bits per heavy atom. The van der Waals surface area contributed by atoms with Gasteiger partial charge in [0.25, 0.3) is 0 Å². The van der Waals surface area contributed by atoms with Crippen molar-refractivity contribution in [1.82, 2.24) is 4.90 Å². The summed E-state index contributed by atoms with van der Waals surface area (Å²) in [7, 11) is 1.33. The molecule has 0 fully saturated rings. The summed E-state index contributed by atoms with van der Waals surface area (Å²) in [6.45, 7) is 5.47. The Morgan fingerprint density at radius 2 is 2.09 bits per heavy atom. The average Bonchev–Trinajstić information content (AvgIpc) is 2.54. The number of hydrogen-bond acceptors (Lipinski definition) is 5. The van der Waals surface area contributed by atoms with Gasteiger partial charge in [-0.1, -0.05) is 0 Å². The van der Waals surface area contributed by atoms with Crippen molar-refractivity contribution in [1.29, 1.82) is 0 Å². The van der Waals surface area contributed by atoms with Gasteiger partial charge in [0, 0.05) is 19.2 Å². The molecule has 118 valence electrons. The molecular formula is C16H20N2O4. The predicted octanol–water partition coefficient (Wildman–Crippen LogP) is 2.03. The Kier molecular flexibility index (Phi) is 5.04. The van der Waals surface area contributed by atoms with Crippen LogP contribution in [-0.4, -0.2) is 43.6 Å². The van der Waals surface area contributed by atoms with Crippen LogP contribution in [0.2, 0.25) is 0 Å². The van der Waals surface area contributed by atoms with Crippen LogP contribution in [0.1, 0.15) is 24.2 Å². The zero-order valence-electron chi connectivity index (χ0n) is 13.0. The molecule has 1 N–H and O–H groups in total. The van der Waals surface area contributed by atoms with Crippen molar-refractivity contribution < 1.29 is 19.1 Å². The number of hydrogen-bond donors (Lipinski definition) is 1. The summed E-state index contributed by atoms with van der Waals surface area (Å²) in [6.07, 6.45) is 1.53. The Hall–Kier alpha value is -2.50. The Labute approximate surface area is 129 Å². The molecule has 6 heteroatoms. The highest BCUT2D eigenvalue weighted by Crippen LogP contribution is 2.31. The van der Waals surface area contributed by atoms with Crippen LogP contribution in [0.4, 0.5) is 5.69 Å². The number of ether oxygens (including phenoxy) is 2. The number of nitrogens with zero attached hydrogens (tertiary/aromatic N) is 1. The van der Waals surface area contributed by atoms with Gasteiger partial charge in [-0.15, -0.1) is 0 Å². The molecule has 2 rings (SSSR count). The van der Waals surface area contributed by atoms with Crippen molar-refractivity contribution in [2.75, 3.05) is 32.1 Å². The van der Waals surface area contributed by atoms with Crippen LogP contribution >= 0.6 is 0 Å². The van der Waals surface area contributed by atoms with Crippen LogP contribution in [0.5, 0.6) is 5.75 Å². The summed E-state index contributed by atoms with van der Waals surface area (Å²) in [5.74, 6) is 0.156. The maximum Gasteiger partial charge on any atom is 0.337 e. The number of esters is 1. The van der Waals surface area contributed by atoms with E-state index in [2.05, 4.69) is 5.32 Å². The van der Waals surface area contributed by atoms with Gasteiger partial charge in [0.1, 0.15) is 12.4 Å². The topological polar surface area (TPSA) is 67.9 Å². The summed E-state index contributed by atoms with van der Waals surface area (Å²) < 4.78 is 10.3. The Morgan fingerprint density at radius 3 is 2.73 bits per heavy atom. The fraction of sp³-hybridized carbons (Fsp3) is 0.375. The highest BCUT2D eigenvalue weighted by atomic mass is 16.5. The van der Waals surface area contributed by atoms with Crippen LogP contribution in [-0.2, 0) is 9.53 Å². The molecule has 0 saturated heterocycles. The zero-order chi connectivity index (χ0) is 16.1. The lowest BCUT2D eigenvalue weighted by Gasteiger charge is -2.23. The van der Waals surface area contributed by atoms with Gasteiger partial charge >= 0.3 is 5.97 Å². The molecule has 22 heavy (non-hydrogen) atoms. The molecule has 6 nitrogen and oxygen atoms in total. The van der Waals surface area contributed by atoms with E-state index >= 15 is 0 Å². The van der Waals surface area contributed by atoms with Crippen LogP contribution in [0.25, 0.3) is 0 Å². The van der Waals surface area contributed by atoms with E-state index < -0.39 is 5.97 Å². The van der Waals surface area contributed by atoms with Crippen molar-refractivity contribution in [2.45, 2.75) is 13.8 Å². The second-order valence-electron chi connectivity index (χ2n) is 4.80. The molecule has 1 heterocycles. The molecule has 1 aromatic rings. The molecule has 0 aliphatic carbocycles. The second-order valence-corrected chi connectivity index (χ2v) is 4.80. The number of nitrogens with one attached hydrogen (secondary N) is 1. The average molecular weight is 304 g/mol. The minimum Gasteiger partial charge on any atom is -0.485 e. The van der Waals surface area contributed by atoms with Gasteiger partial charge in [0.05, 0.1) is 24.1 Å². The Bertz CT molecular complexity index is 606. The molecule has 1 aromatic carbocycles. The maximum atomic E-state index is 12.1. The summed E-state index contributed by atoms with van der Waals surface area (Å²) in [5.41, 5.74) is 1.73. The minimum absolute atomic E-state index is 0.0660. The lowest BCUT2D eigenvalue weighted by Crippen LogP contribution is -2.30. The number of amides is 1. The van der Waals surface area contributed by atoms with Crippen LogP contribution in [0.15, 0.2) is 30.0 Å². The molecular weight excluding hydrogens is 284 g/mol. The standard InChI is InChI=1S/C16H20N2O4/c1-4-18(5-2)15(19)9-12-10-22-14-7-6-11(16(20)21-3)8-13(14)17-12/h6-9,17H,4-5,10H2,1-3H3/b12-9-. The number of carbonyl (C=O) groups is 2. The summed E-state index contributed by atoms with van der Waals surface area (Å²) in [6, 6.07) is 5.00. The van der Waals surface area contributed by atoms with E-state index in [1.54, 1.807) is 23.1 Å². The van der Waals surface area contributed by atoms with Crippen molar-refractivity contribution >= 4 is 17.6 Å². The van der Waals surface area contributed by atoms with Gasteiger partial charge < -0.3 is 19.7 Å². The number of rotatable bonds is 4. The third-order valence-electron chi connectivity index (χ3n) is 3.45. The van der Waals surface area contributed by atoms with Crippen LogP contribution in [0, 0.1) is 0 Å². The van der Waals surface area contributed by atoms with E-state index in [-0.39, 0.29) is 12.5 Å². The summed E-state index contributed by atoms with van der Waals surface area (Å²) in [4.78, 5) is 25.4. The quantitative estimate of drug-likeness (QED) is 0.681. The van der Waals surface area contributed by atoms with Gasteiger partial charge in [-0.25, -0.2) is 4.79 Å². The van der Waals surface area contributed by atoms with Crippen molar-refractivity contribution in [2.24, 2.45) is 0 Å². The zero-order valence-corrected chi connectivity index (χ0v) is 13.0. The van der Waals surface area contributed by atoms with E-state index in [1.807, 2.05) is 13.8 Å². The van der Waals surface area contributed by atoms with E-state index in [0.29, 0.717) is 35.8 Å². The number of benzene rings is 1. The van der Waals surface area contributed by atoms with E-state index in [0.717, 1.165) is 0 Å². The first kappa shape index (κ1) is 15.9. The van der Waals surface area contributed by atoms with Crippen LogP contribution in [0.3, 0.4) is 0 Å².